The number of hydrogen-bond acceptors (Lipinski definition) is 4. The first-order chi connectivity index (χ1) is 5.81. The zero-order valence-electron chi connectivity index (χ0n) is 6.56. The Labute approximate surface area is 68.7 Å². The minimum absolute atomic E-state index is 0.488. The summed E-state index contributed by atoms with van der Waals surface area (Å²) in [5.41, 5.74) is 1.77. The fourth-order valence-electron chi connectivity index (χ4n) is 1.10. The van der Waals surface area contributed by atoms with Crippen molar-refractivity contribution in [1.29, 1.82) is 0 Å². The van der Waals surface area contributed by atoms with Gasteiger partial charge in [0.25, 0.3) is 0 Å². The molecule has 0 atom stereocenters. The molecule has 0 unspecified atom stereocenters. The van der Waals surface area contributed by atoms with Crippen molar-refractivity contribution in [2.75, 3.05) is 0 Å². The predicted octanol–water partition coefficient (Wildman–Crippen LogP) is 0.290. The molecule has 5 heteroatoms. The highest BCUT2D eigenvalue weighted by molar-refractivity contribution is 5.43. The highest BCUT2D eigenvalue weighted by Crippen LogP contribution is 2.13. The summed E-state index contributed by atoms with van der Waals surface area (Å²) in [7, 11) is 0. The summed E-state index contributed by atoms with van der Waals surface area (Å²) >= 11 is 0. The van der Waals surface area contributed by atoms with Crippen LogP contribution in [0.4, 0.5) is 0 Å². The minimum Gasteiger partial charge on any atom is -0.391 e. The van der Waals surface area contributed by atoms with E-state index in [0.717, 1.165) is 11.2 Å². The van der Waals surface area contributed by atoms with Crippen molar-refractivity contribution >= 4 is 5.65 Å². The quantitative estimate of drug-likeness (QED) is 0.615. The fraction of sp³-hybridized carbons (Fsp3) is 0.143. The van der Waals surface area contributed by atoms with Crippen molar-refractivity contribution < 1.29 is 4.84 Å². The highest BCUT2D eigenvalue weighted by Gasteiger charge is 2.02. The molecular formula is C7H8N4O. The van der Waals surface area contributed by atoms with Crippen molar-refractivity contribution in [3.8, 4) is 5.88 Å². The first kappa shape index (κ1) is 7.05. The van der Waals surface area contributed by atoms with Gasteiger partial charge in [0, 0.05) is 6.07 Å². The molecule has 12 heavy (non-hydrogen) atoms. The molecular weight excluding hydrogens is 156 g/mol. The SMILES string of the molecule is Cc1cc(ON)n2ncnc2c1. The average molecular weight is 164 g/mol. The van der Waals surface area contributed by atoms with Crippen LogP contribution in [0.3, 0.4) is 0 Å². The third-order valence-electron chi connectivity index (χ3n) is 1.61. The Kier molecular flexibility index (Phi) is 1.44. The zero-order chi connectivity index (χ0) is 8.55. The van der Waals surface area contributed by atoms with E-state index in [1.165, 1.54) is 10.8 Å². The van der Waals surface area contributed by atoms with Crippen LogP contribution in [0.2, 0.25) is 0 Å². The maximum atomic E-state index is 5.06. The minimum atomic E-state index is 0.488. The maximum absolute atomic E-state index is 5.06. The Bertz CT molecular complexity index is 409. The molecule has 62 valence electrons. The number of nitrogens with zero attached hydrogens (tertiary/aromatic N) is 3. The van der Waals surface area contributed by atoms with Crippen molar-refractivity contribution in [3.63, 3.8) is 0 Å². The van der Waals surface area contributed by atoms with Gasteiger partial charge >= 0.3 is 0 Å². The molecule has 2 aromatic heterocycles. The molecule has 2 heterocycles. The largest absolute Gasteiger partial charge is 0.391 e. The van der Waals surface area contributed by atoms with Gasteiger partial charge in [0.15, 0.2) is 5.65 Å². The molecule has 0 saturated carbocycles. The van der Waals surface area contributed by atoms with Crippen molar-refractivity contribution in [2.45, 2.75) is 6.92 Å². The number of pyridine rings is 1. The Morgan fingerprint density at radius 2 is 2.33 bits per heavy atom. The maximum Gasteiger partial charge on any atom is 0.240 e. The lowest BCUT2D eigenvalue weighted by Gasteiger charge is -2.01. The van der Waals surface area contributed by atoms with Crippen LogP contribution >= 0.6 is 0 Å². The Hall–Kier alpha value is -1.62. The van der Waals surface area contributed by atoms with Crippen molar-refractivity contribution in [3.05, 3.63) is 24.0 Å². The van der Waals surface area contributed by atoms with Crippen LogP contribution in [0.5, 0.6) is 5.88 Å². The number of hydrogen-bond donors (Lipinski definition) is 1. The predicted molar refractivity (Wildman–Crippen MR) is 42.5 cm³/mol. The van der Waals surface area contributed by atoms with Gasteiger partial charge in [0.1, 0.15) is 6.33 Å². The topological polar surface area (TPSA) is 65.4 Å². The van der Waals surface area contributed by atoms with E-state index in [4.69, 9.17) is 5.90 Å². The first-order valence-corrected chi connectivity index (χ1v) is 3.48. The lowest BCUT2D eigenvalue weighted by atomic mass is 10.3. The third-order valence-corrected chi connectivity index (χ3v) is 1.61. The molecule has 0 saturated heterocycles. The van der Waals surface area contributed by atoms with Crippen LogP contribution in [0.1, 0.15) is 5.56 Å². The summed E-state index contributed by atoms with van der Waals surface area (Å²) in [5.74, 6) is 5.54. The number of fused-ring (bicyclic) bond motifs is 1. The molecule has 5 nitrogen and oxygen atoms in total. The van der Waals surface area contributed by atoms with Crippen molar-refractivity contribution in [1.82, 2.24) is 14.6 Å². The van der Waals surface area contributed by atoms with Gasteiger partial charge in [-0.1, -0.05) is 0 Å². The second-order valence-corrected chi connectivity index (χ2v) is 2.52. The molecule has 0 aliphatic carbocycles. The summed E-state index contributed by atoms with van der Waals surface area (Å²) in [6, 6.07) is 3.69. The second kappa shape index (κ2) is 2.46. The molecule has 0 amide bonds. The summed E-state index contributed by atoms with van der Waals surface area (Å²) in [4.78, 5) is 8.63. The monoisotopic (exact) mass is 164 g/mol. The molecule has 2 rings (SSSR count). The van der Waals surface area contributed by atoms with Crippen LogP contribution in [0.15, 0.2) is 18.5 Å². The molecule has 0 bridgehead atoms. The second-order valence-electron chi connectivity index (χ2n) is 2.52. The van der Waals surface area contributed by atoms with Crippen LogP contribution in [0, 0.1) is 6.92 Å². The molecule has 0 radical (unpaired) electrons. The number of nitrogens with two attached hydrogens (primary N) is 1. The fourth-order valence-corrected chi connectivity index (χ4v) is 1.10. The van der Waals surface area contributed by atoms with E-state index in [2.05, 4.69) is 14.9 Å². The molecule has 2 N–H and O–H groups in total. The summed E-state index contributed by atoms with van der Waals surface area (Å²) in [6.07, 6.45) is 1.46. The summed E-state index contributed by atoms with van der Waals surface area (Å²) < 4.78 is 1.53. The zero-order valence-corrected chi connectivity index (χ0v) is 6.56. The molecule has 0 spiro atoms. The molecule has 0 aromatic carbocycles. The number of aryl methyl sites for hydroxylation is 1. The van der Waals surface area contributed by atoms with Gasteiger partial charge in [-0.15, -0.1) is 0 Å². The van der Waals surface area contributed by atoms with E-state index < -0.39 is 0 Å². The highest BCUT2D eigenvalue weighted by atomic mass is 16.6. The standard InChI is InChI=1S/C7H8N4O/c1-5-2-6-9-4-10-11(6)7(3-5)12-8/h2-4H,8H2,1H3. The van der Waals surface area contributed by atoms with Gasteiger partial charge in [-0.05, 0) is 18.6 Å². The van der Waals surface area contributed by atoms with Gasteiger partial charge in [0.05, 0.1) is 0 Å². The van der Waals surface area contributed by atoms with E-state index in [-0.39, 0.29) is 0 Å². The lowest BCUT2D eigenvalue weighted by molar-refractivity contribution is 0.311. The van der Waals surface area contributed by atoms with E-state index in [1.54, 1.807) is 6.07 Å². The lowest BCUT2D eigenvalue weighted by Crippen LogP contribution is -2.07. The molecule has 0 aliphatic heterocycles. The van der Waals surface area contributed by atoms with Gasteiger partial charge < -0.3 is 4.84 Å². The van der Waals surface area contributed by atoms with Gasteiger partial charge in [-0.3, -0.25) is 0 Å². The van der Waals surface area contributed by atoms with E-state index in [0.29, 0.717) is 5.88 Å². The molecule has 0 fully saturated rings. The average Bonchev–Trinajstić information content (AvgIpc) is 2.50. The smallest absolute Gasteiger partial charge is 0.240 e. The van der Waals surface area contributed by atoms with Gasteiger partial charge in [-0.2, -0.15) is 15.5 Å². The summed E-state index contributed by atoms with van der Waals surface area (Å²) in [5, 5.41) is 3.93. The molecule has 2 aromatic rings. The van der Waals surface area contributed by atoms with Crippen LogP contribution < -0.4 is 10.7 Å². The van der Waals surface area contributed by atoms with Gasteiger partial charge in [0.2, 0.25) is 5.88 Å². The normalized spacial score (nSPS) is 10.5. The number of aromatic nitrogens is 3. The van der Waals surface area contributed by atoms with Crippen molar-refractivity contribution in [2.24, 2.45) is 5.90 Å². The molecule has 0 aliphatic rings. The number of rotatable bonds is 1. The Morgan fingerprint density at radius 3 is 3.08 bits per heavy atom. The van der Waals surface area contributed by atoms with E-state index in [1.807, 2.05) is 13.0 Å². The van der Waals surface area contributed by atoms with Gasteiger partial charge in [-0.25, -0.2) is 4.98 Å². The van der Waals surface area contributed by atoms with Crippen LogP contribution in [-0.4, -0.2) is 14.6 Å². The van der Waals surface area contributed by atoms with Crippen LogP contribution in [-0.2, 0) is 0 Å². The van der Waals surface area contributed by atoms with E-state index in [9.17, 15) is 0 Å². The van der Waals surface area contributed by atoms with E-state index >= 15 is 0 Å². The van der Waals surface area contributed by atoms with Crippen LogP contribution in [0.25, 0.3) is 5.65 Å². The Balaban J connectivity index is 2.80. The first-order valence-electron chi connectivity index (χ1n) is 3.48. The third kappa shape index (κ3) is 0.911. The Morgan fingerprint density at radius 1 is 1.50 bits per heavy atom. The summed E-state index contributed by atoms with van der Waals surface area (Å²) in [6.45, 7) is 1.94.